The Hall–Kier alpha value is -2.91. The summed E-state index contributed by atoms with van der Waals surface area (Å²) < 4.78 is 80.1. The zero-order chi connectivity index (χ0) is 28.8. The van der Waals surface area contributed by atoms with Gasteiger partial charge in [0.1, 0.15) is 0 Å². The summed E-state index contributed by atoms with van der Waals surface area (Å²) in [7, 11) is -6.34. The number of hydrogen-bond donors (Lipinski definition) is 0. The normalized spacial score (nSPS) is 13.4. The highest BCUT2D eigenvalue weighted by Crippen LogP contribution is 2.42. The van der Waals surface area contributed by atoms with E-state index in [1.54, 1.807) is 26.0 Å². The molecule has 3 rings (SSSR count). The van der Waals surface area contributed by atoms with Crippen LogP contribution in [0.25, 0.3) is 10.9 Å². The number of hydrogen-bond acceptors (Lipinski definition) is 5. The van der Waals surface area contributed by atoms with Gasteiger partial charge in [-0.2, -0.15) is 13.2 Å². The Morgan fingerprint density at radius 2 is 1.85 bits per heavy atom. The maximum Gasteiger partial charge on any atom is 0.416 e. The van der Waals surface area contributed by atoms with Gasteiger partial charge in [0.2, 0.25) is 10.0 Å². The number of carbonyl (C=O) groups excluding carboxylic acids is 1. The molecule has 0 N–H and O–H groups in total. The quantitative estimate of drug-likeness (QED) is 0.146. The van der Waals surface area contributed by atoms with Gasteiger partial charge >= 0.3 is 12.1 Å². The Balaban J connectivity index is 2.40. The van der Waals surface area contributed by atoms with E-state index in [1.165, 1.54) is 48.6 Å². The van der Waals surface area contributed by atoms with Crippen LogP contribution in [0, 0.1) is 0 Å². The van der Waals surface area contributed by atoms with Crippen LogP contribution >= 0.6 is 19.7 Å². The molecular formula is C27H26ClF3NO5PS. The van der Waals surface area contributed by atoms with Crippen LogP contribution in [0.5, 0.6) is 0 Å². The minimum absolute atomic E-state index is 0.0665. The molecule has 3 aromatic rings. The summed E-state index contributed by atoms with van der Waals surface area (Å²) in [5.74, 6) is -1.44. The number of fused-ring (bicyclic) bond motifs is 1. The summed E-state index contributed by atoms with van der Waals surface area (Å²) >= 11 is 6.27. The van der Waals surface area contributed by atoms with E-state index in [0.29, 0.717) is 0 Å². The number of nitrogens with zero attached hydrogens (tertiary/aromatic N) is 1. The fourth-order valence-corrected chi connectivity index (χ4v) is 7.47. The van der Waals surface area contributed by atoms with Gasteiger partial charge in [0, 0.05) is 27.6 Å². The molecule has 0 aliphatic rings. The Bertz CT molecular complexity index is 1530. The second-order valence-electron chi connectivity index (χ2n) is 7.93. The minimum Gasteiger partial charge on any atom is -0.461 e. The topological polar surface area (TPSA) is 74.6 Å². The van der Waals surface area contributed by atoms with E-state index in [4.69, 9.17) is 20.9 Å². The van der Waals surface area contributed by atoms with Crippen molar-refractivity contribution in [1.29, 1.82) is 0 Å². The first kappa shape index (κ1) is 30.6. The van der Waals surface area contributed by atoms with Gasteiger partial charge in [0.15, 0.2) is 5.69 Å². The number of halogens is 4. The molecule has 0 spiro atoms. The van der Waals surface area contributed by atoms with E-state index in [1.807, 2.05) is 0 Å². The first-order valence-corrected chi connectivity index (χ1v) is 15.0. The van der Waals surface area contributed by atoms with Crippen LogP contribution in [0.15, 0.2) is 79.4 Å². The number of carbonyl (C=O) groups is 1. The highest BCUT2D eigenvalue weighted by Gasteiger charge is 2.36. The lowest BCUT2D eigenvalue weighted by molar-refractivity contribution is -0.137. The van der Waals surface area contributed by atoms with Gasteiger partial charge in [-0.3, -0.25) is 0 Å². The molecule has 0 bridgehead atoms. The van der Waals surface area contributed by atoms with Crippen LogP contribution in [-0.4, -0.2) is 37.3 Å². The van der Waals surface area contributed by atoms with Crippen molar-refractivity contribution in [3.05, 3.63) is 95.7 Å². The third-order valence-corrected chi connectivity index (χ3v) is 9.18. The molecule has 1 heterocycles. The Kier molecular flexibility index (Phi) is 10.2. The van der Waals surface area contributed by atoms with Gasteiger partial charge in [-0.05, 0) is 44.2 Å². The summed E-state index contributed by atoms with van der Waals surface area (Å²) in [5.41, 5.74) is -1.13. The maximum atomic E-state index is 13.7. The van der Waals surface area contributed by atoms with Crippen LogP contribution in [0.2, 0.25) is 5.02 Å². The highest BCUT2D eigenvalue weighted by molar-refractivity contribution is 7.90. The standard InChI is InChI=1S/C27H26ClF3NO5PS/c1-4-7-8-9-10-16-39(34,35)32-23-15-14-20(28)18-22(23)25(24(32)26(33)36-5-2)38(37-6-3)21-13-11-12-19(17-21)27(29,30)31/h4,7-15,17-18H,1,5-6,16H2,2-3H3/b8-7-,10-9-. The molecule has 0 aliphatic carbocycles. The van der Waals surface area contributed by atoms with Gasteiger partial charge in [-0.25, -0.2) is 17.2 Å². The van der Waals surface area contributed by atoms with Crippen LogP contribution in [0.1, 0.15) is 29.9 Å². The van der Waals surface area contributed by atoms with Crippen molar-refractivity contribution in [2.45, 2.75) is 20.0 Å². The van der Waals surface area contributed by atoms with Crippen molar-refractivity contribution < 1.29 is 35.6 Å². The van der Waals surface area contributed by atoms with Gasteiger partial charge in [0.05, 0.1) is 31.6 Å². The summed E-state index contributed by atoms with van der Waals surface area (Å²) in [6, 6.07) is 8.91. The van der Waals surface area contributed by atoms with Crippen LogP contribution in [0.3, 0.4) is 0 Å². The van der Waals surface area contributed by atoms with Gasteiger partial charge < -0.3 is 9.26 Å². The van der Waals surface area contributed by atoms with Gasteiger partial charge in [-0.1, -0.05) is 60.7 Å². The number of aromatic nitrogens is 1. The number of esters is 1. The number of allylic oxidation sites excluding steroid dienone is 4. The lowest BCUT2D eigenvalue weighted by Crippen LogP contribution is -2.27. The highest BCUT2D eigenvalue weighted by atomic mass is 35.5. The molecule has 0 fully saturated rings. The largest absolute Gasteiger partial charge is 0.461 e. The molecule has 0 radical (unpaired) electrons. The van der Waals surface area contributed by atoms with Crippen molar-refractivity contribution in [3.8, 4) is 0 Å². The molecule has 12 heteroatoms. The molecule has 39 heavy (non-hydrogen) atoms. The van der Waals surface area contributed by atoms with Gasteiger partial charge in [0.25, 0.3) is 0 Å². The van der Waals surface area contributed by atoms with E-state index < -0.39 is 41.6 Å². The fraction of sp³-hybridized carbons (Fsp3) is 0.222. The monoisotopic (exact) mass is 599 g/mol. The SMILES string of the molecule is C=C/C=C\C=C/CS(=O)(=O)n1c(C(=O)OCC)c(P(OCC)c2cccc(C(F)(F)F)c2)c2cc(Cl)ccc21. The van der Waals surface area contributed by atoms with Crippen LogP contribution < -0.4 is 10.6 Å². The number of ether oxygens (including phenoxy) is 1. The van der Waals surface area contributed by atoms with E-state index in [-0.39, 0.29) is 45.4 Å². The summed E-state index contributed by atoms with van der Waals surface area (Å²) in [4.78, 5) is 13.4. The Morgan fingerprint density at radius 3 is 2.49 bits per heavy atom. The smallest absolute Gasteiger partial charge is 0.416 e. The molecule has 6 nitrogen and oxygen atoms in total. The second-order valence-corrected chi connectivity index (χ2v) is 12.0. The summed E-state index contributed by atoms with van der Waals surface area (Å²) in [6.07, 6.45) is 3.02. The lowest BCUT2D eigenvalue weighted by Gasteiger charge is -2.20. The van der Waals surface area contributed by atoms with E-state index >= 15 is 0 Å². The average Bonchev–Trinajstić information content (AvgIpc) is 3.22. The maximum absolute atomic E-state index is 13.7. The van der Waals surface area contributed by atoms with Crippen molar-refractivity contribution in [2.75, 3.05) is 19.0 Å². The molecule has 2 aromatic carbocycles. The summed E-state index contributed by atoms with van der Waals surface area (Å²) in [5, 5.41) is 0.722. The van der Waals surface area contributed by atoms with Crippen molar-refractivity contribution >= 4 is 57.3 Å². The molecule has 1 unspecified atom stereocenters. The number of alkyl halides is 3. The first-order chi connectivity index (χ1) is 18.5. The van der Waals surface area contributed by atoms with E-state index in [2.05, 4.69) is 6.58 Å². The third-order valence-electron chi connectivity index (χ3n) is 5.28. The second kappa shape index (κ2) is 13.0. The lowest BCUT2D eigenvalue weighted by atomic mass is 10.2. The molecule has 208 valence electrons. The number of benzene rings is 2. The summed E-state index contributed by atoms with van der Waals surface area (Å²) in [6.45, 7) is 6.76. The predicted molar refractivity (Wildman–Crippen MR) is 150 cm³/mol. The van der Waals surface area contributed by atoms with Gasteiger partial charge in [-0.15, -0.1) is 0 Å². The molecule has 0 amide bonds. The molecular weight excluding hydrogens is 574 g/mol. The Morgan fingerprint density at radius 1 is 1.10 bits per heavy atom. The van der Waals surface area contributed by atoms with E-state index in [0.717, 1.165) is 16.1 Å². The van der Waals surface area contributed by atoms with E-state index in [9.17, 15) is 26.4 Å². The fourth-order valence-electron chi connectivity index (χ4n) is 3.77. The number of rotatable bonds is 11. The minimum atomic E-state index is -4.62. The predicted octanol–water partition coefficient (Wildman–Crippen LogP) is 6.35. The van der Waals surface area contributed by atoms with Crippen molar-refractivity contribution in [2.24, 2.45) is 0 Å². The van der Waals surface area contributed by atoms with Crippen LogP contribution in [-0.2, 0) is 25.5 Å². The molecule has 0 aliphatic heterocycles. The average molecular weight is 600 g/mol. The molecule has 0 saturated carbocycles. The Labute approximate surface area is 231 Å². The van der Waals surface area contributed by atoms with Crippen LogP contribution in [0.4, 0.5) is 13.2 Å². The van der Waals surface area contributed by atoms with Crippen molar-refractivity contribution in [1.82, 2.24) is 3.97 Å². The third kappa shape index (κ3) is 7.00. The molecule has 1 atom stereocenters. The molecule has 0 saturated heterocycles. The first-order valence-electron chi connectivity index (χ1n) is 11.7. The zero-order valence-electron chi connectivity index (χ0n) is 21.1. The van der Waals surface area contributed by atoms with Crippen molar-refractivity contribution in [3.63, 3.8) is 0 Å². The zero-order valence-corrected chi connectivity index (χ0v) is 23.6. The molecule has 1 aromatic heterocycles.